The molecule has 0 radical (unpaired) electrons. The largest absolute Gasteiger partial charge is 0.478 e. The fraction of sp³-hybridized carbons (Fsp3) is 0.250. The number of carbonyl (C=O) groups is 1. The number of carboxylic acids is 1. The summed E-state index contributed by atoms with van der Waals surface area (Å²) in [6.45, 7) is 0.381. The highest BCUT2D eigenvalue weighted by molar-refractivity contribution is 14.1. The molecule has 2 N–H and O–H groups in total. The molecule has 1 aromatic rings. The normalized spacial score (nSPS) is 15.0. The molecule has 3 nitrogen and oxygen atoms in total. The minimum atomic E-state index is -0.875. The van der Waals surface area contributed by atoms with Crippen LogP contribution in [-0.4, -0.2) is 29.1 Å². The molecule has 0 aromatic heterocycles. The molecule has 0 fully saturated rings. The Morgan fingerprint density at radius 2 is 2.28 bits per heavy atom. The van der Waals surface area contributed by atoms with Crippen LogP contribution in [0.1, 0.15) is 0 Å². The van der Waals surface area contributed by atoms with Crippen molar-refractivity contribution >= 4 is 46.0 Å². The Morgan fingerprint density at radius 1 is 1.50 bits per heavy atom. The molecule has 1 aliphatic rings. The molecule has 0 saturated carbocycles. The highest BCUT2D eigenvalue weighted by Gasteiger charge is 2.20. The van der Waals surface area contributed by atoms with Gasteiger partial charge in [-0.1, -0.05) is 0 Å². The third kappa shape index (κ3) is 3.17. The van der Waals surface area contributed by atoms with Gasteiger partial charge in [0.05, 0.1) is 5.69 Å². The maximum atomic E-state index is 13.6. The van der Waals surface area contributed by atoms with Gasteiger partial charge in [0.15, 0.2) is 0 Å². The molecule has 0 unspecified atom stereocenters. The summed E-state index contributed by atoms with van der Waals surface area (Å²) in [5.74, 6) is 0.0344. The second-order valence-electron chi connectivity index (χ2n) is 3.86. The van der Waals surface area contributed by atoms with E-state index in [1.165, 1.54) is 6.07 Å². The minimum absolute atomic E-state index is 0.315. The summed E-state index contributed by atoms with van der Waals surface area (Å²) in [6, 6.07) is 4.92. The van der Waals surface area contributed by atoms with Crippen molar-refractivity contribution in [1.82, 2.24) is 0 Å². The van der Waals surface area contributed by atoms with Crippen molar-refractivity contribution in [3.63, 3.8) is 0 Å². The quantitative estimate of drug-likeness (QED) is 0.790. The third-order valence-corrected chi connectivity index (χ3v) is 4.35. The van der Waals surface area contributed by atoms with Crippen LogP contribution in [-0.2, 0) is 4.79 Å². The predicted octanol–water partition coefficient (Wildman–Crippen LogP) is 2.97. The first-order valence-corrected chi connectivity index (χ1v) is 7.52. The van der Waals surface area contributed by atoms with Crippen LogP contribution in [0.5, 0.6) is 0 Å². The lowest BCUT2D eigenvalue weighted by Crippen LogP contribution is -2.11. The molecule has 6 heteroatoms. The van der Waals surface area contributed by atoms with Gasteiger partial charge in [-0.25, -0.2) is 9.18 Å². The summed E-state index contributed by atoms with van der Waals surface area (Å²) in [6.07, 6.45) is 0. The first-order chi connectivity index (χ1) is 8.58. The zero-order valence-corrected chi connectivity index (χ0v) is 12.3. The van der Waals surface area contributed by atoms with Gasteiger partial charge in [-0.05, 0) is 46.4 Å². The van der Waals surface area contributed by atoms with E-state index in [2.05, 4.69) is 5.32 Å². The number of carboxylic acid groups (broad SMARTS) is 1. The van der Waals surface area contributed by atoms with E-state index < -0.39 is 5.97 Å². The van der Waals surface area contributed by atoms with E-state index in [9.17, 15) is 9.18 Å². The van der Waals surface area contributed by atoms with Crippen LogP contribution in [0.3, 0.4) is 0 Å². The summed E-state index contributed by atoms with van der Waals surface area (Å²) in [5.41, 5.74) is 1.69. The lowest BCUT2D eigenvalue weighted by molar-refractivity contribution is -0.132. The molecule has 0 amide bonds. The molecule has 0 saturated heterocycles. The summed E-state index contributed by atoms with van der Waals surface area (Å²) >= 11 is 3.61. The van der Waals surface area contributed by atoms with Crippen molar-refractivity contribution in [1.29, 1.82) is 0 Å². The average molecular weight is 379 g/mol. The number of hydrogen-bond donors (Lipinski definition) is 2. The van der Waals surface area contributed by atoms with E-state index in [1.807, 2.05) is 28.7 Å². The van der Waals surface area contributed by atoms with Gasteiger partial charge >= 0.3 is 5.97 Å². The fourth-order valence-corrected chi connectivity index (χ4v) is 3.28. The maximum Gasteiger partial charge on any atom is 0.332 e. The molecule has 96 valence electrons. The average Bonchev–Trinajstić information content (AvgIpc) is 2.76. The lowest BCUT2D eigenvalue weighted by Gasteiger charge is -2.09. The zero-order valence-electron chi connectivity index (χ0n) is 9.37. The molecule has 0 aliphatic carbocycles. The van der Waals surface area contributed by atoms with E-state index >= 15 is 0 Å². The standard InChI is InChI=1S/C12H11FINO2S/c13-10-3-8(14)1-2-11(10)15-4-7-5-18-6-9(7)12(16)17/h1-3,15H,4-6H2,(H,16,17). The van der Waals surface area contributed by atoms with Crippen LogP contribution < -0.4 is 5.32 Å². The van der Waals surface area contributed by atoms with Crippen LogP contribution in [0.15, 0.2) is 29.3 Å². The highest BCUT2D eigenvalue weighted by Crippen LogP contribution is 2.25. The molecule has 0 bridgehead atoms. The Hall–Kier alpha value is -0.760. The first-order valence-electron chi connectivity index (χ1n) is 5.29. The summed E-state index contributed by atoms with van der Waals surface area (Å²) < 4.78 is 14.4. The number of benzene rings is 1. The summed E-state index contributed by atoms with van der Waals surface area (Å²) in [4.78, 5) is 11.0. The Labute approximate surface area is 122 Å². The van der Waals surface area contributed by atoms with Crippen molar-refractivity contribution in [2.75, 3.05) is 23.4 Å². The van der Waals surface area contributed by atoms with Crippen molar-refractivity contribution < 1.29 is 14.3 Å². The van der Waals surface area contributed by atoms with E-state index in [1.54, 1.807) is 17.8 Å². The third-order valence-electron chi connectivity index (χ3n) is 2.63. The molecule has 1 heterocycles. The number of aliphatic carboxylic acids is 1. The number of nitrogens with one attached hydrogen (secondary N) is 1. The highest BCUT2D eigenvalue weighted by atomic mass is 127. The number of rotatable bonds is 4. The van der Waals surface area contributed by atoms with Gasteiger partial charge in [-0.2, -0.15) is 11.8 Å². The molecule has 2 rings (SSSR count). The molecular formula is C12H11FINO2S. The summed E-state index contributed by atoms with van der Waals surface area (Å²) in [7, 11) is 0. The monoisotopic (exact) mass is 379 g/mol. The second-order valence-corrected chi connectivity index (χ2v) is 6.09. The minimum Gasteiger partial charge on any atom is -0.478 e. The molecule has 1 aliphatic heterocycles. The van der Waals surface area contributed by atoms with Crippen LogP contribution in [0.4, 0.5) is 10.1 Å². The maximum absolute atomic E-state index is 13.6. The zero-order chi connectivity index (χ0) is 13.1. The Balaban J connectivity index is 2.07. The second kappa shape index (κ2) is 5.92. The van der Waals surface area contributed by atoms with Crippen LogP contribution in [0.25, 0.3) is 0 Å². The van der Waals surface area contributed by atoms with Gasteiger partial charge in [0, 0.05) is 27.2 Å². The summed E-state index contributed by atoms with van der Waals surface area (Å²) in [5, 5.41) is 12.0. The van der Waals surface area contributed by atoms with Gasteiger partial charge in [-0.15, -0.1) is 0 Å². The van der Waals surface area contributed by atoms with Gasteiger partial charge in [0.1, 0.15) is 5.82 Å². The predicted molar refractivity (Wildman–Crippen MR) is 79.6 cm³/mol. The van der Waals surface area contributed by atoms with Crippen LogP contribution in [0, 0.1) is 9.39 Å². The van der Waals surface area contributed by atoms with Gasteiger partial charge in [-0.3, -0.25) is 0 Å². The lowest BCUT2D eigenvalue weighted by atomic mass is 10.1. The van der Waals surface area contributed by atoms with Crippen molar-refractivity contribution in [3.8, 4) is 0 Å². The smallest absolute Gasteiger partial charge is 0.332 e. The van der Waals surface area contributed by atoms with Gasteiger partial charge < -0.3 is 10.4 Å². The first kappa shape index (κ1) is 13.7. The van der Waals surface area contributed by atoms with Gasteiger partial charge in [0.2, 0.25) is 0 Å². The van der Waals surface area contributed by atoms with E-state index in [4.69, 9.17) is 5.11 Å². The molecule has 18 heavy (non-hydrogen) atoms. The van der Waals surface area contributed by atoms with Gasteiger partial charge in [0.25, 0.3) is 0 Å². The van der Waals surface area contributed by atoms with E-state index in [-0.39, 0.29) is 5.82 Å². The molecule has 0 spiro atoms. The number of anilines is 1. The van der Waals surface area contributed by atoms with Crippen LogP contribution in [0.2, 0.25) is 0 Å². The SMILES string of the molecule is O=C(O)C1=C(CNc2ccc(I)cc2F)CSC1. The molecule has 0 atom stereocenters. The Kier molecular flexibility index (Phi) is 4.50. The van der Waals surface area contributed by atoms with Crippen molar-refractivity contribution in [2.24, 2.45) is 0 Å². The molecular weight excluding hydrogens is 368 g/mol. The van der Waals surface area contributed by atoms with Crippen molar-refractivity contribution in [2.45, 2.75) is 0 Å². The number of thioether (sulfide) groups is 1. The van der Waals surface area contributed by atoms with E-state index in [0.29, 0.717) is 29.3 Å². The number of halogens is 2. The van der Waals surface area contributed by atoms with E-state index in [0.717, 1.165) is 9.14 Å². The topological polar surface area (TPSA) is 49.3 Å². The number of hydrogen-bond acceptors (Lipinski definition) is 3. The van der Waals surface area contributed by atoms with Crippen molar-refractivity contribution in [3.05, 3.63) is 38.7 Å². The fourth-order valence-electron chi connectivity index (χ4n) is 1.67. The van der Waals surface area contributed by atoms with Crippen LogP contribution >= 0.6 is 34.4 Å². The Bertz CT molecular complexity index is 519. The Morgan fingerprint density at radius 3 is 2.94 bits per heavy atom. The molecule has 1 aromatic carbocycles.